The highest BCUT2D eigenvalue weighted by Gasteiger charge is 2.44. The lowest BCUT2D eigenvalue weighted by Gasteiger charge is -2.48. The molecule has 6 nitrogen and oxygen atoms in total. The van der Waals surface area contributed by atoms with E-state index in [0.717, 1.165) is 24.1 Å². The van der Waals surface area contributed by atoms with Gasteiger partial charge in [-0.3, -0.25) is 0 Å². The molecule has 0 saturated carbocycles. The molecular weight excluding hydrogens is 354 g/mol. The number of aliphatic hydroxyl groups is 1. The van der Waals surface area contributed by atoms with Gasteiger partial charge in [0.15, 0.2) is 0 Å². The van der Waals surface area contributed by atoms with Crippen molar-refractivity contribution in [2.24, 2.45) is 0 Å². The molecule has 28 heavy (non-hydrogen) atoms. The van der Waals surface area contributed by atoms with Crippen LogP contribution in [0.15, 0.2) is 48.5 Å². The predicted octanol–water partition coefficient (Wildman–Crippen LogP) is 2.12. The van der Waals surface area contributed by atoms with Gasteiger partial charge in [0.2, 0.25) is 0 Å². The van der Waals surface area contributed by atoms with Gasteiger partial charge in [-0.15, -0.1) is 0 Å². The van der Waals surface area contributed by atoms with Gasteiger partial charge >= 0.3 is 5.97 Å². The van der Waals surface area contributed by atoms with Crippen LogP contribution in [0.5, 0.6) is 0 Å². The molecule has 1 aliphatic heterocycles. The van der Waals surface area contributed by atoms with E-state index < -0.39 is 5.60 Å². The van der Waals surface area contributed by atoms with E-state index in [4.69, 9.17) is 10.00 Å². The quantitative estimate of drug-likeness (QED) is 0.717. The number of nitrogens with zero attached hydrogens (tertiary/aromatic N) is 2. The third-order valence-electron chi connectivity index (χ3n) is 5.44. The van der Waals surface area contributed by atoms with Crippen molar-refractivity contribution < 1.29 is 14.6 Å². The van der Waals surface area contributed by atoms with Crippen LogP contribution in [0.4, 0.5) is 5.69 Å². The van der Waals surface area contributed by atoms with Gasteiger partial charge in [0.05, 0.1) is 30.3 Å². The molecule has 3 rings (SSSR count). The maximum Gasteiger partial charge on any atom is 0.337 e. The summed E-state index contributed by atoms with van der Waals surface area (Å²) in [6.45, 7) is 1.10. The van der Waals surface area contributed by atoms with E-state index in [0.29, 0.717) is 24.2 Å². The molecule has 0 radical (unpaired) electrons. The van der Waals surface area contributed by atoms with E-state index in [1.807, 2.05) is 43.4 Å². The number of carbonyl (C=O) groups excluding carboxylic acids is 1. The maximum absolute atomic E-state index is 11.6. The molecule has 0 aliphatic carbocycles. The lowest BCUT2D eigenvalue weighted by atomic mass is 9.83. The Labute approximate surface area is 165 Å². The third kappa shape index (κ3) is 4.16. The molecular formula is C22H25N3O3. The number of hydrogen-bond donors (Lipinski definition) is 2. The minimum Gasteiger partial charge on any atom is -0.465 e. The van der Waals surface area contributed by atoms with Gasteiger partial charge < -0.3 is 20.1 Å². The zero-order chi connectivity index (χ0) is 20.1. The fourth-order valence-electron chi connectivity index (χ4n) is 3.62. The number of esters is 1. The van der Waals surface area contributed by atoms with E-state index >= 15 is 0 Å². The van der Waals surface area contributed by atoms with E-state index in [1.54, 1.807) is 12.1 Å². The summed E-state index contributed by atoms with van der Waals surface area (Å²) in [6, 6.07) is 16.8. The second kappa shape index (κ2) is 8.42. The van der Waals surface area contributed by atoms with Crippen LogP contribution in [-0.4, -0.2) is 50.0 Å². The van der Waals surface area contributed by atoms with Crippen LogP contribution < -0.4 is 10.2 Å². The summed E-state index contributed by atoms with van der Waals surface area (Å²) in [5.74, 6) is -0.367. The minimum atomic E-state index is -0.803. The smallest absolute Gasteiger partial charge is 0.337 e. The number of aryl methyl sites for hydroxylation is 1. The summed E-state index contributed by atoms with van der Waals surface area (Å²) < 4.78 is 4.75. The Kier molecular flexibility index (Phi) is 5.98. The number of nitriles is 1. The van der Waals surface area contributed by atoms with Crippen LogP contribution in [0, 0.1) is 11.3 Å². The first-order valence-electron chi connectivity index (χ1n) is 9.30. The highest BCUT2D eigenvalue weighted by Crippen LogP contribution is 2.29. The summed E-state index contributed by atoms with van der Waals surface area (Å²) >= 11 is 0. The second-order valence-electron chi connectivity index (χ2n) is 7.22. The Hall–Kier alpha value is -2.88. The average molecular weight is 379 g/mol. The molecule has 1 saturated heterocycles. The maximum atomic E-state index is 11.6. The first kappa shape index (κ1) is 19.9. The number of anilines is 1. The number of rotatable bonds is 7. The number of likely N-dealkylation sites (N-methyl/N-ethyl adjacent to an activating group) is 1. The fourth-order valence-corrected chi connectivity index (χ4v) is 3.62. The van der Waals surface area contributed by atoms with Crippen molar-refractivity contribution in [3.05, 3.63) is 65.2 Å². The van der Waals surface area contributed by atoms with Crippen molar-refractivity contribution in [3.8, 4) is 6.07 Å². The Morgan fingerprint density at radius 1 is 1.25 bits per heavy atom. The zero-order valence-corrected chi connectivity index (χ0v) is 16.2. The van der Waals surface area contributed by atoms with Gasteiger partial charge in [0, 0.05) is 25.8 Å². The summed E-state index contributed by atoms with van der Waals surface area (Å²) in [5, 5.41) is 23.1. The Morgan fingerprint density at radius 3 is 2.39 bits per heavy atom. The van der Waals surface area contributed by atoms with Crippen LogP contribution in [0.1, 0.15) is 27.9 Å². The molecule has 2 aromatic carbocycles. The first-order chi connectivity index (χ1) is 13.5. The molecule has 2 aromatic rings. The number of hydrogen-bond acceptors (Lipinski definition) is 6. The molecule has 0 amide bonds. The molecule has 146 valence electrons. The van der Waals surface area contributed by atoms with Gasteiger partial charge in [-0.1, -0.05) is 12.1 Å². The SMILES string of the molecule is COC(=O)c1ccc(N(C)C(CCc2ccc(C#N)cc2)C2(O)CNC2)cc1. The molecule has 1 heterocycles. The Morgan fingerprint density at radius 2 is 1.89 bits per heavy atom. The lowest BCUT2D eigenvalue weighted by molar-refractivity contribution is -0.0352. The molecule has 0 spiro atoms. The standard InChI is InChI=1S/C22H25N3O3/c1-25(19-10-8-18(9-11-19)21(26)28-2)20(22(27)14-24-15-22)12-7-16-3-5-17(13-23)6-4-16/h3-6,8-11,20,24,27H,7,12,14-15H2,1-2H3. The normalized spacial score (nSPS) is 15.8. The van der Waals surface area contributed by atoms with Gasteiger partial charge in [0.25, 0.3) is 0 Å². The molecule has 6 heteroatoms. The van der Waals surface area contributed by atoms with Crippen molar-refractivity contribution in [1.29, 1.82) is 5.26 Å². The molecule has 2 N–H and O–H groups in total. The Balaban J connectivity index is 1.75. The van der Waals surface area contributed by atoms with Crippen molar-refractivity contribution in [3.63, 3.8) is 0 Å². The van der Waals surface area contributed by atoms with E-state index in [1.165, 1.54) is 7.11 Å². The van der Waals surface area contributed by atoms with Crippen LogP contribution in [-0.2, 0) is 11.2 Å². The lowest BCUT2D eigenvalue weighted by Crippen LogP contribution is -2.69. The zero-order valence-electron chi connectivity index (χ0n) is 16.2. The predicted molar refractivity (Wildman–Crippen MR) is 107 cm³/mol. The number of nitrogens with one attached hydrogen (secondary N) is 1. The molecule has 0 bridgehead atoms. The van der Waals surface area contributed by atoms with Gasteiger partial charge in [-0.2, -0.15) is 5.26 Å². The van der Waals surface area contributed by atoms with Crippen LogP contribution >= 0.6 is 0 Å². The molecule has 1 atom stereocenters. The third-order valence-corrected chi connectivity index (χ3v) is 5.44. The van der Waals surface area contributed by atoms with Crippen LogP contribution in [0.25, 0.3) is 0 Å². The summed E-state index contributed by atoms with van der Waals surface area (Å²) in [5.41, 5.74) is 2.40. The fraction of sp³-hybridized carbons (Fsp3) is 0.364. The number of β-amino-alcohol motifs (C(OH)–C–C–N with tert-alkyl or cyclic N) is 1. The van der Waals surface area contributed by atoms with Crippen molar-refractivity contribution in [1.82, 2.24) is 5.32 Å². The van der Waals surface area contributed by atoms with E-state index in [2.05, 4.69) is 16.3 Å². The minimum absolute atomic E-state index is 0.0895. The number of benzene rings is 2. The molecule has 1 fully saturated rings. The Bertz CT molecular complexity index is 852. The van der Waals surface area contributed by atoms with Crippen molar-refractivity contribution in [2.45, 2.75) is 24.5 Å². The van der Waals surface area contributed by atoms with Crippen LogP contribution in [0.3, 0.4) is 0 Å². The van der Waals surface area contributed by atoms with Crippen molar-refractivity contribution in [2.75, 3.05) is 32.1 Å². The van der Waals surface area contributed by atoms with E-state index in [9.17, 15) is 9.90 Å². The van der Waals surface area contributed by atoms with Gasteiger partial charge in [-0.05, 0) is 54.8 Å². The van der Waals surface area contributed by atoms with Crippen molar-refractivity contribution >= 4 is 11.7 Å². The highest BCUT2D eigenvalue weighted by atomic mass is 16.5. The molecule has 0 aromatic heterocycles. The number of ether oxygens (including phenoxy) is 1. The second-order valence-corrected chi connectivity index (χ2v) is 7.22. The van der Waals surface area contributed by atoms with Gasteiger partial charge in [-0.25, -0.2) is 4.79 Å². The summed E-state index contributed by atoms with van der Waals surface area (Å²) in [4.78, 5) is 13.7. The van der Waals surface area contributed by atoms with Gasteiger partial charge in [0.1, 0.15) is 5.60 Å². The van der Waals surface area contributed by atoms with E-state index in [-0.39, 0.29) is 12.0 Å². The molecule has 1 aliphatic rings. The number of methoxy groups -OCH3 is 1. The summed E-state index contributed by atoms with van der Waals surface area (Å²) in [7, 11) is 3.33. The van der Waals surface area contributed by atoms with Crippen LogP contribution in [0.2, 0.25) is 0 Å². The monoisotopic (exact) mass is 379 g/mol. The summed E-state index contributed by atoms with van der Waals surface area (Å²) in [6.07, 6.45) is 1.56. The first-order valence-corrected chi connectivity index (χ1v) is 9.30. The largest absolute Gasteiger partial charge is 0.465 e. The average Bonchev–Trinajstić information content (AvgIpc) is 2.72. The number of carbonyl (C=O) groups is 1. The highest BCUT2D eigenvalue weighted by molar-refractivity contribution is 5.89. The topological polar surface area (TPSA) is 85.6 Å². The molecule has 1 unspecified atom stereocenters.